The first kappa shape index (κ1) is 17.5. The van der Waals surface area contributed by atoms with Crippen LogP contribution in [0.2, 0.25) is 0 Å². The summed E-state index contributed by atoms with van der Waals surface area (Å²) in [6.45, 7) is 3.62. The van der Waals surface area contributed by atoms with Crippen molar-refractivity contribution >= 4 is 16.8 Å². The lowest BCUT2D eigenvalue weighted by Crippen LogP contribution is -2.41. The van der Waals surface area contributed by atoms with E-state index in [0.29, 0.717) is 24.4 Å². The van der Waals surface area contributed by atoms with Crippen LogP contribution in [-0.4, -0.2) is 32.1 Å². The molecule has 138 valence electrons. The van der Waals surface area contributed by atoms with Crippen molar-refractivity contribution in [3.8, 4) is 0 Å². The van der Waals surface area contributed by atoms with Crippen molar-refractivity contribution in [2.75, 3.05) is 0 Å². The summed E-state index contributed by atoms with van der Waals surface area (Å²) in [6, 6.07) is 11.4. The van der Waals surface area contributed by atoms with Crippen molar-refractivity contribution < 1.29 is 9.90 Å². The Balaban J connectivity index is 1.65. The van der Waals surface area contributed by atoms with Crippen LogP contribution < -0.4 is 5.32 Å². The highest BCUT2D eigenvalue weighted by molar-refractivity contribution is 5.92. The molecule has 1 aliphatic rings. The molecule has 27 heavy (non-hydrogen) atoms. The minimum Gasteiger partial charge on any atom is -0.393 e. The van der Waals surface area contributed by atoms with E-state index in [1.54, 1.807) is 13.0 Å². The molecule has 2 N–H and O–H groups in total. The Morgan fingerprint density at radius 2 is 1.96 bits per heavy atom. The molecule has 0 aliphatic heterocycles. The van der Waals surface area contributed by atoms with E-state index in [2.05, 4.69) is 26.3 Å². The van der Waals surface area contributed by atoms with Gasteiger partial charge < -0.3 is 10.4 Å². The smallest absolute Gasteiger partial charge is 0.270 e. The molecule has 1 unspecified atom stereocenters. The Kier molecular flexibility index (Phi) is 4.58. The standard InChI is InChI=1S/C21H22N4O2/c1-12-7-19(24-13(2)23-12)21(27)25-20(15-9-17(26)10-15)16-8-14-5-3-4-6-18(14)22-11-16/h3-8,11,15,17,20,26H,9-10H2,1-2H3,(H,25,27). The Hall–Kier alpha value is -2.86. The number of carbonyl (C=O) groups excluding carboxylic acids is 1. The molecule has 3 aromatic rings. The van der Waals surface area contributed by atoms with E-state index in [9.17, 15) is 9.90 Å². The van der Waals surface area contributed by atoms with Crippen LogP contribution in [0.1, 0.15) is 46.5 Å². The zero-order valence-electron chi connectivity index (χ0n) is 15.4. The molecule has 0 saturated heterocycles. The zero-order chi connectivity index (χ0) is 19.0. The van der Waals surface area contributed by atoms with Crippen molar-refractivity contribution in [3.63, 3.8) is 0 Å². The molecular formula is C21H22N4O2. The molecule has 1 aromatic carbocycles. The van der Waals surface area contributed by atoms with Gasteiger partial charge in [0.25, 0.3) is 5.91 Å². The van der Waals surface area contributed by atoms with Gasteiger partial charge in [0.1, 0.15) is 11.5 Å². The van der Waals surface area contributed by atoms with E-state index in [4.69, 9.17) is 0 Å². The van der Waals surface area contributed by atoms with Gasteiger partial charge in [-0.1, -0.05) is 18.2 Å². The summed E-state index contributed by atoms with van der Waals surface area (Å²) in [5.41, 5.74) is 2.98. The average molecular weight is 362 g/mol. The molecule has 1 amide bonds. The van der Waals surface area contributed by atoms with Gasteiger partial charge in [0.2, 0.25) is 0 Å². The van der Waals surface area contributed by atoms with Crippen LogP contribution in [0.4, 0.5) is 0 Å². The number of rotatable bonds is 4. The fraction of sp³-hybridized carbons (Fsp3) is 0.333. The second-order valence-corrected chi connectivity index (χ2v) is 7.24. The molecule has 2 aromatic heterocycles. The van der Waals surface area contributed by atoms with Crippen LogP contribution in [0.15, 0.2) is 42.6 Å². The van der Waals surface area contributed by atoms with Gasteiger partial charge in [0.15, 0.2) is 0 Å². The Morgan fingerprint density at radius 1 is 1.19 bits per heavy atom. The lowest BCUT2D eigenvalue weighted by Gasteiger charge is -2.38. The fourth-order valence-electron chi connectivity index (χ4n) is 3.68. The molecule has 4 rings (SSSR count). The largest absolute Gasteiger partial charge is 0.393 e. The van der Waals surface area contributed by atoms with Gasteiger partial charge in [-0.25, -0.2) is 9.97 Å². The number of fused-ring (bicyclic) bond motifs is 1. The lowest BCUT2D eigenvalue weighted by molar-refractivity contribution is 0.0234. The normalized spacial score (nSPS) is 20.1. The predicted octanol–water partition coefficient (Wildman–Crippen LogP) is 2.88. The molecule has 0 radical (unpaired) electrons. The molecular weight excluding hydrogens is 340 g/mol. The summed E-state index contributed by atoms with van der Waals surface area (Å²) in [7, 11) is 0. The maximum absolute atomic E-state index is 12.8. The zero-order valence-corrected chi connectivity index (χ0v) is 15.4. The lowest BCUT2D eigenvalue weighted by atomic mass is 9.75. The van der Waals surface area contributed by atoms with E-state index >= 15 is 0 Å². The number of para-hydroxylation sites is 1. The summed E-state index contributed by atoms with van der Waals surface area (Å²) in [5.74, 6) is 0.516. The highest BCUT2D eigenvalue weighted by Crippen LogP contribution is 2.38. The van der Waals surface area contributed by atoms with Crippen molar-refractivity contribution in [2.24, 2.45) is 5.92 Å². The topological polar surface area (TPSA) is 88.0 Å². The summed E-state index contributed by atoms with van der Waals surface area (Å²) >= 11 is 0. The number of carbonyl (C=O) groups is 1. The molecule has 1 atom stereocenters. The molecule has 1 aliphatic carbocycles. The highest BCUT2D eigenvalue weighted by atomic mass is 16.3. The fourth-order valence-corrected chi connectivity index (χ4v) is 3.68. The number of hydrogen-bond donors (Lipinski definition) is 2. The maximum atomic E-state index is 12.8. The number of benzene rings is 1. The summed E-state index contributed by atoms with van der Waals surface area (Å²) in [6.07, 6.45) is 2.85. The van der Waals surface area contributed by atoms with E-state index in [-0.39, 0.29) is 24.0 Å². The molecule has 6 heteroatoms. The van der Waals surface area contributed by atoms with Gasteiger partial charge >= 0.3 is 0 Å². The van der Waals surface area contributed by atoms with Crippen molar-refractivity contribution in [1.29, 1.82) is 0 Å². The molecule has 2 heterocycles. The van der Waals surface area contributed by atoms with Gasteiger partial charge in [-0.2, -0.15) is 0 Å². The van der Waals surface area contributed by atoms with E-state index in [1.165, 1.54) is 0 Å². The number of amides is 1. The van der Waals surface area contributed by atoms with E-state index < -0.39 is 0 Å². The number of nitrogens with one attached hydrogen (secondary N) is 1. The summed E-state index contributed by atoms with van der Waals surface area (Å²) in [5, 5.41) is 13.9. The Labute approximate surface area is 157 Å². The number of aliphatic hydroxyl groups is 1. The number of aromatic nitrogens is 3. The van der Waals surface area contributed by atoms with Gasteiger partial charge in [-0.05, 0) is 56.4 Å². The van der Waals surface area contributed by atoms with Gasteiger partial charge in [0.05, 0.1) is 17.7 Å². The quantitative estimate of drug-likeness (QED) is 0.745. The van der Waals surface area contributed by atoms with E-state index in [1.807, 2.05) is 37.4 Å². The number of aryl methyl sites for hydroxylation is 2. The van der Waals surface area contributed by atoms with Gasteiger partial charge in [0, 0.05) is 17.3 Å². The molecule has 1 saturated carbocycles. The number of aliphatic hydroxyl groups excluding tert-OH is 1. The maximum Gasteiger partial charge on any atom is 0.270 e. The van der Waals surface area contributed by atoms with Crippen molar-refractivity contribution in [3.05, 3.63) is 65.4 Å². The monoisotopic (exact) mass is 362 g/mol. The van der Waals surface area contributed by atoms with Crippen LogP contribution in [-0.2, 0) is 0 Å². The molecule has 0 spiro atoms. The Morgan fingerprint density at radius 3 is 2.70 bits per heavy atom. The van der Waals surface area contributed by atoms with Crippen LogP contribution >= 0.6 is 0 Å². The molecule has 0 bridgehead atoms. The van der Waals surface area contributed by atoms with Crippen LogP contribution in [0.5, 0.6) is 0 Å². The first-order chi connectivity index (χ1) is 13.0. The first-order valence-electron chi connectivity index (χ1n) is 9.15. The number of pyridine rings is 1. The third-order valence-electron chi connectivity index (χ3n) is 5.08. The second kappa shape index (κ2) is 7.04. The molecule has 6 nitrogen and oxygen atoms in total. The minimum atomic E-state index is -0.300. The highest BCUT2D eigenvalue weighted by Gasteiger charge is 2.36. The van der Waals surface area contributed by atoms with Gasteiger partial charge in [-0.15, -0.1) is 0 Å². The van der Waals surface area contributed by atoms with Crippen LogP contribution in [0, 0.1) is 19.8 Å². The molecule has 1 fully saturated rings. The van der Waals surface area contributed by atoms with Crippen LogP contribution in [0.3, 0.4) is 0 Å². The summed E-state index contributed by atoms with van der Waals surface area (Å²) in [4.78, 5) is 25.9. The van der Waals surface area contributed by atoms with Crippen molar-refractivity contribution in [2.45, 2.75) is 38.8 Å². The summed E-state index contributed by atoms with van der Waals surface area (Å²) < 4.78 is 0. The minimum absolute atomic E-state index is 0.177. The van der Waals surface area contributed by atoms with Crippen molar-refractivity contribution in [1.82, 2.24) is 20.3 Å². The number of hydrogen-bond acceptors (Lipinski definition) is 5. The Bertz CT molecular complexity index is 978. The third-order valence-corrected chi connectivity index (χ3v) is 5.08. The van der Waals surface area contributed by atoms with Gasteiger partial charge in [-0.3, -0.25) is 9.78 Å². The average Bonchev–Trinajstić information content (AvgIpc) is 2.62. The second-order valence-electron chi connectivity index (χ2n) is 7.24. The van der Waals surface area contributed by atoms with E-state index in [0.717, 1.165) is 22.2 Å². The number of nitrogens with zero attached hydrogens (tertiary/aromatic N) is 3. The first-order valence-corrected chi connectivity index (χ1v) is 9.15. The third kappa shape index (κ3) is 3.66. The predicted molar refractivity (Wildman–Crippen MR) is 102 cm³/mol. The SMILES string of the molecule is Cc1cc(C(=O)NC(c2cnc3ccccc3c2)C2CC(O)C2)nc(C)n1. The van der Waals surface area contributed by atoms with Crippen LogP contribution in [0.25, 0.3) is 10.9 Å².